The first-order valence-corrected chi connectivity index (χ1v) is 3.54. The molecule has 0 aliphatic carbocycles. The normalized spacial score (nSPS) is 45.3. The van der Waals surface area contributed by atoms with Gasteiger partial charge in [-0.3, -0.25) is 0 Å². The molecule has 0 aromatic rings. The molecule has 1 saturated heterocycles. The summed E-state index contributed by atoms with van der Waals surface area (Å²) in [6, 6.07) is 0. The summed E-state index contributed by atoms with van der Waals surface area (Å²) in [5.41, 5.74) is 0. The van der Waals surface area contributed by atoms with Crippen LogP contribution >= 0.6 is 0 Å². The molecule has 0 radical (unpaired) electrons. The zero-order valence-corrected chi connectivity index (χ0v) is 6.83. The fraction of sp³-hybridized carbons (Fsp3) is 0.857. The number of hydrogen-bond donors (Lipinski definition) is 1. The lowest BCUT2D eigenvalue weighted by atomic mass is 10.1. The third-order valence-corrected chi connectivity index (χ3v) is 1.79. The summed E-state index contributed by atoms with van der Waals surface area (Å²) in [6.07, 6.45) is -1.28. The zero-order valence-electron chi connectivity index (χ0n) is 6.83. The van der Waals surface area contributed by atoms with E-state index in [0.717, 1.165) is 0 Å². The molecule has 3 atom stereocenters. The fourth-order valence-corrected chi connectivity index (χ4v) is 0.881. The quantitative estimate of drug-likeness (QED) is 0.508. The monoisotopic (exact) mass is 160 g/mol. The summed E-state index contributed by atoms with van der Waals surface area (Å²) < 4.78 is 9.78. The Morgan fingerprint density at radius 3 is 2.55 bits per heavy atom. The Labute approximate surface area is 65.1 Å². The molecule has 1 aliphatic heterocycles. The van der Waals surface area contributed by atoms with Crippen molar-refractivity contribution >= 4 is 5.97 Å². The molecule has 0 aromatic carbocycles. The lowest BCUT2D eigenvalue weighted by Gasteiger charge is -2.36. The Hall–Kier alpha value is -0.610. The molecule has 0 amide bonds. The van der Waals surface area contributed by atoms with E-state index in [4.69, 9.17) is 9.47 Å². The fourth-order valence-electron chi connectivity index (χ4n) is 0.881. The van der Waals surface area contributed by atoms with Crippen LogP contribution in [0.3, 0.4) is 0 Å². The molecule has 1 N–H and O–H groups in total. The molecule has 0 saturated carbocycles. The molecular formula is C7H12O4. The van der Waals surface area contributed by atoms with Gasteiger partial charge in [0.1, 0.15) is 0 Å². The van der Waals surface area contributed by atoms with Crippen molar-refractivity contribution in [1.29, 1.82) is 0 Å². The van der Waals surface area contributed by atoms with Crippen molar-refractivity contribution < 1.29 is 19.4 Å². The van der Waals surface area contributed by atoms with Gasteiger partial charge >= 0.3 is 5.97 Å². The smallest absolute Gasteiger partial charge is 0.335 e. The second-order valence-corrected chi connectivity index (χ2v) is 2.89. The van der Waals surface area contributed by atoms with Crippen molar-refractivity contribution in [2.24, 2.45) is 0 Å². The molecule has 4 heteroatoms. The van der Waals surface area contributed by atoms with Crippen molar-refractivity contribution in [2.45, 2.75) is 38.8 Å². The zero-order chi connectivity index (χ0) is 8.65. The van der Waals surface area contributed by atoms with Gasteiger partial charge in [0, 0.05) is 0 Å². The van der Waals surface area contributed by atoms with Crippen LogP contribution in [-0.4, -0.2) is 29.1 Å². The van der Waals surface area contributed by atoms with E-state index in [1.165, 1.54) is 6.92 Å². The van der Waals surface area contributed by atoms with Crippen molar-refractivity contribution in [1.82, 2.24) is 0 Å². The minimum absolute atomic E-state index is 0.427. The summed E-state index contributed by atoms with van der Waals surface area (Å²) in [7, 11) is 0. The highest BCUT2D eigenvalue weighted by molar-refractivity contribution is 5.75. The Bertz CT molecular complexity index is 175. The Balaban J connectivity index is 2.70. The van der Waals surface area contributed by atoms with Gasteiger partial charge in [0.25, 0.3) is 0 Å². The van der Waals surface area contributed by atoms with Crippen LogP contribution in [0.1, 0.15) is 20.8 Å². The maximum absolute atomic E-state index is 10.8. The van der Waals surface area contributed by atoms with Crippen LogP contribution in [0, 0.1) is 0 Å². The molecule has 1 aliphatic rings. The molecule has 1 fully saturated rings. The lowest BCUT2D eigenvalue weighted by Crippen LogP contribution is -2.52. The van der Waals surface area contributed by atoms with Crippen LogP contribution in [0.4, 0.5) is 0 Å². The average molecular weight is 160 g/mol. The van der Waals surface area contributed by atoms with Crippen molar-refractivity contribution in [3.05, 3.63) is 0 Å². The molecule has 4 nitrogen and oxygen atoms in total. The number of rotatable bonds is 0. The molecule has 0 bridgehead atoms. The number of carbonyl (C=O) groups is 1. The maximum atomic E-state index is 10.8. The molecular weight excluding hydrogens is 148 g/mol. The van der Waals surface area contributed by atoms with Gasteiger partial charge in [-0.05, 0) is 20.8 Å². The number of cyclic esters (lactones) is 1. The van der Waals surface area contributed by atoms with E-state index in [2.05, 4.69) is 0 Å². The van der Waals surface area contributed by atoms with E-state index >= 15 is 0 Å². The van der Waals surface area contributed by atoms with Gasteiger partial charge in [-0.2, -0.15) is 0 Å². The summed E-state index contributed by atoms with van der Waals surface area (Å²) >= 11 is 0. The van der Waals surface area contributed by atoms with Crippen LogP contribution in [0.15, 0.2) is 0 Å². The molecule has 0 aromatic heterocycles. The molecule has 1 rings (SSSR count). The topological polar surface area (TPSA) is 55.8 Å². The average Bonchev–Trinajstić information content (AvgIpc) is 1.83. The van der Waals surface area contributed by atoms with E-state index < -0.39 is 24.0 Å². The Morgan fingerprint density at radius 1 is 1.55 bits per heavy atom. The van der Waals surface area contributed by atoms with Gasteiger partial charge in [-0.1, -0.05) is 0 Å². The summed E-state index contributed by atoms with van der Waals surface area (Å²) in [5.74, 6) is -1.78. The second kappa shape index (κ2) is 2.46. The highest BCUT2D eigenvalue weighted by atomic mass is 16.7. The molecule has 64 valence electrons. The van der Waals surface area contributed by atoms with Gasteiger partial charge in [-0.15, -0.1) is 0 Å². The third-order valence-electron chi connectivity index (χ3n) is 1.79. The van der Waals surface area contributed by atoms with Crippen molar-refractivity contribution in [3.8, 4) is 0 Å². The van der Waals surface area contributed by atoms with Crippen molar-refractivity contribution in [3.63, 3.8) is 0 Å². The van der Waals surface area contributed by atoms with E-state index in [1.54, 1.807) is 13.8 Å². The highest BCUT2D eigenvalue weighted by Gasteiger charge is 2.41. The first-order chi connectivity index (χ1) is 4.93. The SMILES string of the molecule is CC1OC(C)(O)C(C)OC1=O. The molecule has 3 unspecified atom stereocenters. The third kappa shape index (κ3) is 1.52. The first kappa shape index (κ1) is 8.49. The van der Waals surface area contributed by atoms with Gasteiger partial charge in [-0.25, -0.2) is 4.79 Å². The van der Waals surface area contributed by atoms with Crippen molar-refractivity contribution in [2.75, 3.05) is 0 Å². The highest BCUT2D eigenvalue weighted by Crippen LogP contribution is 2.23. The largest absolute Gasteiger partial charge is 0.455 e. The Morgan fingerprint density at radius 2 is 2.09 bits per heavy atom. The van der Waals surface area contributed by atoms with E-state index in [0.29, 0.717) is 0 Å². The molecule has 0 spiro atoms. The van der Waals surface area contributed by atoms with Crippen LogP contribution in [0.2, 0.25) is 0 Å². The standard InChI is InChI=1S/C7H12O4/c1-4-6(8)10-5(2)7(3,9)11-4/h4-5,9H,1-3H3. The number of ether oxygens (including phenoxy) is 2. The van der Waals surface area contributed by atoms with E-state index in [-0.39, 0.29) is 0 Å². The van der Waals surface area contributed by atoms with Gasteiger partial charge in [0.05, 0.1) is 0 Å². The van der Waals surface area contributed by atoms with Gasteiger partial charge < -0.3 is 14.6 Å². The summed E-state index contributed by atoms with van der Waals surface area (Å²) in [4.78, 5) is 10.8. The maximum Gasteiger partial charge on any atom is 0.335 e. The van der Waals surface area contributed by atoms with E-state index in [9.17, 15) is 9.90 Å². The predicted molar refractivity (Wildman–Crippen MR) is 36.7 cm³/mol. The molecule has 1 heterocycles. The van der Waals surface area contributed by atoms with Crippen LogP contribution in [0.5, 0.6) is 0 Å². The number of carbonyl (C=O) groups excluding carboxylic acids is 1. The minimum atomic E-state index is -1.35. The van der Waals surface area contributed by atoms with Gasteiger partial charge in [0.2, 0.25) is 5.79 Å². The second-order valence-electron chi connectivity index (χ2n) is 2.89. The minimum Gasteiger partial charge on any atom is -0.455 e. The van der Waals surface area contributed by atoms with Crippen LogP contribution in [-0.2, 0) is 14.3 Å². The predicted octanol–water partition coefficient (Wildman–Crippen LogP) is 0.0453. The van der Waals surface area contributed by atoms with E-state index in [1.807, 2.05) is 0 Å². The van der Waals surface area contributed by atoms with Gasteiger partial charge in [0.15, 0.2) is 12.2 Å². The summed E-state index contributed by atoms with van der Waals surface area (Å²) in [6.45, 7) is 4.60. The number of aliphatic hydroxyl groups is 1. The van der Waals surface area contributed by atoms with Crippen LogP contribution < -0.4 is 0 Å². The Kier molecular flexibility index (Phi) is 1.90. The van der Waals surface area contributed by atoms with Crippen LogP contribution in [0.25, 0.3) is 0 Å². The molecule has 11 heavy (non-hydrogen) atoms. The number of esters is 1. The summed E-state index contributed by atoms with van der Waals surface area (Å²) in [5, 5.41) is 9.43. The number of hydrogen-bond acceptors (Lipinski definition) is 4. The lowest BCUT2D eigenvalue weighted by molar-refractivity contribution is -0.294. The first-order valence-electron chi connectivity index (χ1n) is 3.54.